The molecule has 3 N–H and O–H groups in total. The van der Waals surface area contributed by atoms with E-state index in [-0.39, 0.29) is 24.3 Å². The molecule has 8 heteroatoms. The summed E-state index contributed by atoms with van der Waals surface area (Å²) < 4.78 is 1.36. The number of H-pyrrole nitrogens is 1. The molecule has 32 heavy (non-hydrogen) atoms. The number of aliphatic carboxylic acids is 1. The summed E-state index contributed by atoms with van der Waals surface area (Å²) in [6.45, 7) is 2.00. The van der Waals surface area contributed by atoms with E-state index in [0.29, 0.717) is 47.3 Å². The first-order valence-electron chi connectivity index (χ1n) is 10.2. The number of rotatable bonds is 9. The second-order valence-corrected chi connectivity index (χ2v) is 7.42. The smallest absolute Gasteiger partial charge is 0.303 e. The number of nitrogens with zero attached hydrogens (tertiary/aromatic N) is 3. The van der Waals surface area contributed by atoms with Crippen molar-refractivity contribution in [2.45, 2.75) is 39.2 Å². The molecule has 0 radical (unpaired) electrons. The van der Waals surface area contributed by atoms with E-state index >= 15 is 0 Å². The Bertz CT molecular complexity index is 1250. The lowest BCUT2D eigenvalue weighted by Gasteiger charge is -2.08. The van der Waals surface area contributed by atoms with Gasteiger partial charge in [0.15, 0.2) is 0 Å². The highest BCUT2D eigenvalue weighted by molar-refractivity contribution is 5.83. The number of carboxylic acid groups (broad SMARTS) is 1. The second-order valence-electron chi connectivity index (χ2n) is 7.42. The van der Waals surface area contributed by atoms with Crippen LogP contribution in [-0.4, -0.2) is 32.2 Å². The molecule has 1 aromatic heterocycles. The number of para-hydroxylation sites is 1. The molecule has 0 atom stereocenters. The van der Waals surface area contributed by atoms with Crippen molar-refractivity contribution < 1.29 is 15.0 Å². The Morgan fingerprint density at radius 1 is 1.19 bits per heavy atom. The summed E-state index contributed by atoms with van der Waals surface area (Å²) in [6, 6.07) is 14.8. The Hall–Kier alpha value is -4.12. The van der Waals surface area contributed by atoms with Crippen LogP contribution >= 0.6 is 0 Å². The van der Waals surface area contributed by atoms with Crippen molar-refractivity contribution in [1.82, 2.24) is 9.78 Å². The molecule has 0 saturated heterocycles. The van der Waals surface area contributed by atoms with Crippen LogP contribution in [0, 0.1) is 18.3 Å². The van der Waals surface area contributed by atoms with Gasteiger partial charge in [0.25, 0.3) is 5.56 Å². The Balaban J connectivity index is 1.76. The molecule has 0 spiro atoms. The standard InChI is InChI=1S/C24H24N4O4/c1-16-20(24(32)28(27-16)13-5-10-22(29)30)15-26-21-9-4-8-18(23(21)31)12-11-17-6-2-3-7-19(17)14-25/h2-4,6-9,15,27,31H,5,10-13H2,1H3,(H,29,30). The van der Waals surface area contributed by atoms with E-state index in [4.69, 9.17) is 5.11 Å². The van der Waals surface area contributed by atoms with Gasteiger partial charge in [-0.15, -0.1) is 0 Å². The maximum atomic E-state index is 12.6. The SMILES string of the molecule is Cc1[nH]n(CCCC(=O)O)c(=O)c1C=Nc1cccc(CCc2ccccc2C#N)c1O. The second kappa shape index (κ2) is 10.3. The summed E-state index contributed by atoms with van der Waals surface area (Å²) in [7, 11) is 0. The van der Waals surface area contributed by atoms with Crippen LogP contribution in [0.25, 0.3) is 0 Å². The van der Waals surface area contributed by atoms with Crippen LogP contribution in [0.15, 0.2) is 52.3 Å². The monoisotopic (exact) mass is 432 g/mol. The average molecular weight is 432 g/mol. The van der Waals surface area contributed by atoms with E-state index in [1.807, 2.05) is 18.2 Å². The number of aromatic nitrogens is 2. The highest BCUT2D eigenvalue weighted by atomic mass is 16.4. The summed E-state index contributed by atoms with van der Waals surface area (Å²) >= 11 is 0. The van der Waals surface area contributed by atoms with Crippen molar-refractivity contribution in [1.29, 1.82) is 5.26 Å². The number of hydrogen-bond donors (Lipinski definition) is 3. The largest absolute Gasteiger partial charge is 0.505 e. The van der Waals surface area contributed by atoms with Gasteiger partial charge in [-0.3, -0.25) is 24.4 Å². The fourth-order valence-corrected chi connectivity index (χ4v) is 3.45. The first-order valence-corrected chi connectivity index (χ1v) is 10.2. The van der Waals surface area contributed by atoms with Gasteiger partial charge in [0.1, 0.15) is 11.4 Å². The minimum atomic E-state index is -0.908. The Morgan fingerprint density at radius 2 is 1.91 bits per heavy atom. The number of nitrogens with one attached hydrogen (secondary N) is 1. The number of hydrogen-bond acceptors (Lipinski definition) is 5. The van der Waals surface area contributed by atoms with Crippen LogP contribution in [0.3, 0.4) is 0 Å². The van der Waals surface area contributed by atoms with Crippen molar-refractivity contribution in [2.24, 2.45) is 4.99 Å². The van der Waals surface area contributed by atoms with Gasteiger partial charge in [0, 0.05) is 24.9 Å². The zero-order valence-electron chi connectivity index (χ0n) is 17.7. The minimum absolute atomic E-state index is 0.0204. The highest BCUT2D eigenvalue weighted by Gasteiger charge is 2.11. The molecular weight excluding hydrogens is 408 g/mol. The van der Waals surface area contributed by atoms with E-state index in [0.717, 1.165) is 5.56 Å². The van der Waals surface area contributed by atoms with Gasteiger partial charge in [0.05, 0.1) is 17.2 Å². The van der Waals surface area contributed by atoms with E-state index in [9.17, 15) is 20.0 Å². The van der Waals surface area contributed by atoms with Gasteiger partial charge in [0.2, 0.25) is 0 Å². The fraction of sp³-hybridized carbons (Fsp3) is 0.250. The molecule has 0 amide bonds. The third-order valence-electron chi connectivity index (χ3n) is 5.19. The quantitative estimate of drug-likeness (QED) is 0.446. The zero-order chi connectivity index (χ0) is 23.1. The number of phenols is 1. The minimum Gasteiger partial charge on any atom is -0.505 e. The van der Waals surface area contributed by atoms with Crippen LogP contribution in [0.1, 0.15) is 40.8 Å². The molecule has 164 valence electrons. The van der Waals surface area contributed by atoms with Crippen molar-refractivity contribution >= 4 is 17.9 Å². The summed E-state index contributed by atoms with van der Waals surface area (Å²) in [5.41, 5.74) is 3.24. The molecule has 0 fully saturated rings. The number of aromatic amines is 1. The number of carbonyl (C=O) groups is 1. The first-order chi connectivity index (χ1) is 15.4. The van der Waals surface area contributed by atoms with E-state index in [1.165, 1.54) is 10.9 Å². The maximum Gasteiger partial charge on any atom is 0.303 e. The Morgan fingerprint density at radius 3 is 2.66 bits per heavy atom. The van der Waals surface area contributed by atoms with Crippen molar-refractivity contribution in [2.75, 3.05) is 0 Å². The van der Waals surface area contributed by atoms with Crippen molar-refractivity contribution in [3.8, 4) is 11.8 Å². The first kappa shape index (κ1) is 22.6. The van der Waals surface area contributed by atoms with Gasteiger partial charge >= 0.3 is 5.97 Å². The molecule has 8 nitrogen and oxygen atoms in total. The average Bonchev–Trinajstić information content (AvgIpc) is 3.04. The highest BCUT2D eigenvalue weighted by Crippen LogP contribution is 2.31. The molecule has 2 aromatic carbocycles. The lowest BCUT2D eigenvalue weighted by molar-refractivity contribution is -0.137. The third kappa shape index (κ3) is 5.32. The van der Waals surface area contributed by atoms with Gasteiger partial charge in [-0.2, -0.15) is 5.26 Å². The fourth-order valence-electron chi connectivity index (χ4n) is 3.45. The molecule has 0 aliphatic carbocycles. The molecular formula is C24H24N4O4. The summed E-state index contributed by atoms with van der Waals surface area (Å²) in [5, 5.41) is 31.6. The van der Waals surface area contributed by atoms with Crippen molar-refractivity contribution in [3.63, 3.8) is 0 Å². The molecule has 0 bridgehead atoms. The number of nitriles is 1. The van der Waals surface area contributed by atoms with Gasteiger partial charge in [-0.25, -0.2) is 0 Å². The van der Waals surface area contributed by atoms with Crippen molar-refractivity contribution in [3.05, 3.63) is 80.8 Å². The number of benzene rings is 2. The molecule has 0 aliphatic rings. The maximum absolute atomic E-state index is 12.6. The predicted molar refractivity (Wildman–Crippen MR) is 121 cm³/mol. The zero-order valence-corrected chi connectivity index (χ0v) is 17.7. The number of aliphatic imine (C=N–C) groups is 1. The van der Waals surface area contributed by atoms with Crippen LogP contribution in [0.5, 0.6) is 5.75 Å². The topological polar surface area (TPSA) is 131 Å². The molecule has 3 rings (SSSR count). The van der Waals surface area contributed by atoms with E-state index in [1.54, 1.807) is 31.2 Å². The molecule has 0 saturated carbocycles. The third-order valence-corrected chi connectivity index (χ3v) is 5.19. The van der Waals surface area contributed by atoms with Crippen LogP contribution in [0.2, 0.25) is 0 Å². The van der Waals surface area contributed by atoms with E-state index in [2.05, 4.69) is 16.2 Å². The van der Waals surface area contributed by atoms with Crippen LogP contribution in [0.4, 0.5) is 5.69 Å². The number of aryl methyl sites for hydroxylation is 4. The van der Waals surface area contributed by atoms with Gasteiger partial charge in [-0.1, -0.05) is 30.3 Å². The lowest BCUT2D eigenvalue weighted by atomic mass is 9.99. The molecule has 0 unspecified atom stereocenters. The summed E-state index contributed by atoms with van der Waals surface area (Å²) in [4.78, 5) is 27.5. The van der Waals surface area contributed by atoms with Gasteiger partial charge < -0.3 is 10.2 Å². The Labute approximate surface area is 185 Å². The summed E-state index contributed by atoms with van der Waals surface area (Å²) in [6.07, 6.45) is 2.86. The number of phenolic OH excluding ortho intramolecular Hbond substituents is 1. The number of carboxylic acids is 1. The number of aromatic hydroxyl groups is 1. The molecule has 3 aromatic rings. The lowest BCUT2D eigenvalue weighted by Crippen LogP contribution is -2.19. The Kier molecular flexibility index (Phi) is 7.24. The molecule has 0 aliphatic heterocycles. The van der Waals surface area contributed by atoms with E-state index < -0.39 is 5.97 Å². The van der Waals surface area contributed by atoms with Crippen LogP contribution in [-0.2, 0) is 24.2 Å². The normalized spacial score (nSPS) is 11.0. The van der Waals surface area contributed by atoms with Crippen LogP contribution < -0.4 is 5.56 Å². The molecule has 1 heterocycles. The summed E-state index contributed by atoms with van der Waals surface area (Å²) in [5.74, 6) is -0.872. The van der Waals surface area contributed by atoms with Gasteiger partial charge in [-0.05, 0) is 49.4 Å². The predicted octanol–water partition coefficient (Wildman–Crippen LogP) is 3.46.